The van der Waals surface area contributed by atoms with E-state index >= 15 is 0 Å². The van der Waals surface area contributed by atoms with Crippen LogP contribution in [0.25, 0.3) is 0 Å². The van der Waals surface area contributed by atoms with Gasteiger partial charge in [0.25, 0.3) is 0 Å². The van der Waals surface area contributed by atoms with E-state index in [1.165, 1.54) is 19.3 Å². The first kappa shape index (κ1) is 15.9. The van der Waals surface area contributed by atoms with Crippen molar-refractivity contribution >= 4 is 5.97 Å². The van der Waals surface area contributed by atoms with Crippen LogP contribution in [-0.2, 0) is 4.79 Å². The Morgan fingerprint density at radius 2 is 1.65 bits per heavy atom. The molecule has 8 atom stereocenters. The molecule has 0 amide bonds. The van der Waals surface area contributed by atoms with Gasteiger partial charge in [-0.2, -0.15) is 0 Å². The Bertz CT molecular complexity index is 503. The molecule has 0 aromatic heterocycles. The summed E-state index contributed by atoms with van der Waals surface area (Å²) in [4.78, 5) is 11.6. The number of hydrogen-bond donors (Lipinski definition) is 1. The standard InChI is InChI=1S/C20H32O3/c1-19-9-7-13(21)11-12(19)3-4-14-15-5-6-17(18(22)23)20(15,2)10-8-16(14)19/h12-17,21H,3-11H2,1-2H3,(H,22,23)/p-1/t12-,13-,14-,15+,16-,17+,19-,20+/m0/s1. The molecule has 0 unspecified atom stereocenters. The first-order chi connectivity index (χ1) is 10.9. The number of aliphatic carboxylic acids is 1. The number of hydrogen-bond acceptors (Lipinski definition) is 3. The van der Waals surface area contributed by atoms with Crippen molar-refractivity contribution in [3.63, 3.8) is 0 Å². The monoisotopic (exact) mass is 319 g/mol. The predicted molar refractivity (Wildman–Crippen MR) is 86.2 cm³/mol. The lowest BCUT2D eigenvalue weighted by Crippen LogP contribution is -2.55. The van der Waals surface area contributed by atoms with Gasteiger partial charge in [0.1, 0.15) is 0 Å². The van der Waals surface area contributed by atoms with Crippen molar-refractivity contribution in [1.29, 1.82) is 0 Å². The fourth-order valence-corrected chi connectivity index (χ4v) is 7.62. The van der Waals surface area contributed by atoms with Crippen LogP contribution in [0, 0.1) is 40.4 Å². The van der Waals surface area contributed by atoms with Crippen LogP contribution in [0.4, 0.5) is 0 Å². The van der Waals surface area contributed by atoms with Crippen molar-refractivity contribution in [2.24, 2.45) is 40.4 Å². The van der Waals surface area contributed by atoms with Gasteiger partial charge in [0.05, 0.1) is 6.10 Å². The molecule has 0 saturated heterocycles. The van der Waals surface area contributed by atoms with E-state index < -0.39 is 5.97 Å². The minimum absolute atomic E-state index is 0.0304. The van der Waals surface area contributed by atoms with Gasteiger partial charge in [-0.15, -0.1) is 0 Å². The molecule has 3 heteroatoms. The maximum absolute atomic E-state index is 11.6. The van der Waals surface area contributed by atoms with E-state index in [-0.39, 0.29) is 17.4 Å². The third kappa shape index (κ3) is 2.14. The molecular weight excluding hydrogens is 288 g/mol. The van der Waals surface area contributed by atoms with Crippen LogP contribution < -0.4 is 5.11 Å². The molecule has 0 bridgehead atoms. The van der Waals surface area contributed by atoms with Crippen LogP contribution in [-0.4, -0.2) is 17.2 Å². The van der Waals surface area contributed by atoms with Crippen LogP contribution in [0.3, 0.4) is 0 Å². The largest absolute Gasteiger partial charge is 0.550 e. The maximum atomic E-state index is 11.6. The molecule has 23 heavy (non-hydrogen) atoms. The molecule has 4 rings (SSSR count). The van der Waals surface area contributed by atoms with Gasteiger partial charge in [-0.3, -0.25) is 0 Å². The average molecular weight is 319 g/mol. The lowest BCUT2D eigenvalue weighted by atomic mass is 9.44. The highest BCUT2D eigenvalue weighted by atomic mass is 16.4. The van der Waals surface area contributed by atoms with Crippen LogP contribution in [0.2, 0.25) is 0 Å². The number of carboxylic acid groups (broad SMARTS) is 1. The Hall–Kier alpha value is -0.570. The minimum atomic E-state index is -0.811. The summed E-state index contributed by atoms with van der Waals surface area (Å²) in [6.45, 7) is 4.72. The van der Waals surface area contributed by atoms with Crippen molar-refractivity contribution < 1.29 is 15.0 Å². The second-order valence-corrected chi connectivity index (χ2v) is 9.58. The highest BCUT2D eigenvalue weighted by Gasteiger charge is 2.60. The zero-order valence-corrected chi connectivity index (χ0v) is 14.6. The molecule has 130 valence electrons. The Morgan fingerprint density at radius 1 is 0.957 bits per heavy atom. The van der Waals surface area contributed by atoms with Gasteiger partial charge in [0.2, 0.25) is 0 Å². The first-order valence-corrected chi connectivity index (χ1v) is 9.75. The Morgan fingerprint density at radius 3 is 2.39 bits per heavy atom. The van der Waals surface area contributed by atoms with Crippen molar-refractivity contribution in [3.8, 4) is 0 Å². The fraction of sp³-hybridized carbons (Fsp3) is 0.950. The zero-order chi connectivity index (χ0) is 16.4. The third-order valence-corrected chi connectivity index (χ3v) is 8.92. The molecule has 0 spiro atoms. The summed E-state index contributed by atoms with van der Waals surface area (Å²) in [5.74, 6) is 1.66. The summed E-state index contributed by atoms with van der Waals surface area (Å²) in [5.41, 5.74) is 0.348. The van der Waals surface area contributed by atoms with E-state index in [2.05, 4.69) is 13.8 Å². The SMILES string of the molecule is C[C@@]12CC[C@H]3[C@@H](CC[C@H]4C[C@@H](O)CC[C@@]43C)[C@H]1CC[C@@H]2C(=O)[O-]. The highest BCUT2D eigenvalue weighted by molar-refractivity contribution is 5.69. The van der Waals surface area contributed by atoms with Gasteiger partial charge in [-0.1, -0.05) is 13.8 Å². The van der Waals surface area contributed by atoms with Crippen LogP contribution >= 0.6 is 0 Å². The first-order valence-electron chi connectivity index (χ1n) is 9.75. The van der Waals surface area contributed by atoms with Crippen molar-refractivity contribution in [2.45, 2.75) is 77.7 Å². The maximum Gasteiger partial charge on any atom is 0.0543 e. The number of aliphatic hydroxyl groups excluding tert-OH is 1. The molecule has 3 nitrogen and oxygen atoms in total. The van der Waals surface area contributed by atoms with E-state index in [0.717, 1.165) is 44.4 Å². The van der Waals surface area contributed by atoms with Crippen LogP contribution in [0.5, 0.6) is 0 Å². The summed E-state index contributed by atoms with van der Waals surface area (Å²) < 4.78 is 0. The lowest BCUT2D eigenvalue weighted by Gasteiger charge is -2.61. The lowest BCUT2D eigenvalue weighted by molar-refractivity contribution is -0.315. The van der Waals surface area contributed by atoms with Gasteiger partial charge in [0, 0.05) is 11.9 Å². The summed E-state index contributed by atoms with van der Waals surface area (Å²) in [6, 6.07) is 0. The summed E-state index contributed by atoms with van der Waals surface area (Å²) in [7, 11) is 0. The van der Waals surface area contributed by atoms with E-state index in [9.17, 15) is 15.0 Å². The highest BCUT2D eigenvalue weighted by Crippen LogP contribution is 2.67. The molecule has 4 saturated carbocycles. The molecular formula is C20H31O3-. The molecule has 1 N–H and O–H groups in total. The predicted octanol–water partition coefficient (Wildman–Crippen LogP) is 2.76. The fourth-order valence-electron chi connectivity index (χ4n) is 7.62. The number of carbonyl (C=O) groups excluding carboxylic acids is 1. The number of carboxylic acids is 1. The molecule has 4 fully saturated rings. The van der Waals surface area contributed by atoms with E-state index in [1.54, 1.807) is 0 Å². The smallest absolute Gasteiger partial charge is 0.0543 e. The molecule has 0 radical (unpaired) electrons. The van der Waals surface area contributed by atoms with Gasteiger partial charge < -0.3 is 15.0 Å². The van der Waals surface area contributed by atoms with Crippen molar-refractivity contribution in [3.05, 3.63) is 0 Å². The molecule has 0 aliphatic heterocycles. The van der Waals surface area contributed by atoms with Gasteiger partial charge in [-0.05, 0) is 92.3 Å². The summed E-state index contributed by atoms with van der Waals surface area (Å²) in [6.07, 6.45) is 9.65. The topological polar surface area (TPSA) is 60.4 Å². The Labute approximate surface area is 139 Å². The Kier molecular flexibility index (Phi) is 3.61. The second-order valence-electron chi connectivity index (χ2n) is 9.58. The summed E-state index contributed by atoms with van der Waals surface area (Å²) >= 11 is 0. The quantitative estimate of drug-likeness (QED) is 0.808. The molecule has 0 heterocycles. The third-order valence-electron chi connectivity index (χ3n) is 8.92. The average Bonchev–Trinajstić information content (AvgIpc) is 2.85. The Balaban J connectivity index is 1.61. The minimum Gasteiger partial charge on any atom is -0.550 e. The van der Waals surface area contributed by atoms with Crippen LogP contribution in [0.1, 0.15) is 71.6 Å². The van der Waals surface area contributed by atoms with E-state index in [1.807, 2.05) is 0 Å². The van der Waals surface area contributed by atoms with Gasteiger partial charge in [0.15, 0.2) is 0 Å². The number of aliphatic hydroxyl groups is 1. The van der Waals surface area contributed by atoms with E-state index in [0.29, 0.717) is 23.2 Å². The normalized spacial score (nSPS) is 55.6. The molecule has 4 aliphatic carbocycles. The summed E-state index contributed by atoms with van der Waals surface area (Å²) in [5, 5.41) is 21.7. The van der Waals surface area contributed by atoms with Crippen molar-refractivity contribution in [1.82, 2.24) is 0 Å². The van der Waals surface area contributed by atoms with Crippen LogP contribution in [0.15, 0.2) is 0 Å². The van der Waals surface area contributed by atoms with Gasteiger partial charge in [-0.25, -0.2) is 0 Å². The molecule has 0 aromatic rings. The number of rotatable bonds is 1. The molecule has 4 aliphatic rings. The number of carbonyl (C=O) groups is 1. The van der Waals surface area contributed by atoms with Gasteiger partial charge >= 0.3 is 0 Å². The second kappa shape index (κ2) is 5.21. The van der Waals surface area contributed by atoms with Crippen molar-refractivity contribution in [2.75, 3.05) is 0 Å². The number of fused-ring (bicyclic) bond motifs is 5. The molecule has 0 aromatic carbocycles. The van der Waals surface area contributed by atoms with E-state index in [4.69, 9.17) is 0 Å². The zero-order valence-electron chi connectivity index (χ0n) is 14.6.